The van der Waals surface area contributed by atoms with Crippen LogP contribution in [0.15, 0.2) is 0 Å². The Morgan fingerprint density at radius 2 is 2.00 bits per heavy atom. The molecule has 2 heteroatoms. The van der Waals surface area contributed by atoms with Gasteiger partial charge in [-0.2, -0.15) is 0 Å². The van der Waals surface area contributed by atoms with Gasteiger partial charge >= 0.3 is 0 Å². The first kappa shape index (κ1) is 9.63. The number of nitrogens with one attached hydrogen (secondary N) is 1. The molecular weight excluding hydrogens is 126 g/mol. The largest absolute Gasteiger partial charge is 0.395 e. The van der Waals surface area contributed by atoms with E-state index in [9.17, 15) is 0 Å². The molecule has 0 aromatic carbocycles. The van der Waals surface area contributed by atoms with Gasteiger partial charge < -0.3 is 10.5 Å². The third kappa shape index (κ3) is 2.48. The zero-order valence-electron chi connectivity index (χ0n) is 7.07. The van der Waals surface area contributed by atoms with Gasteiger partial charge in [0.25, 0.3) is 0 Å². The van der Waals surface area contributed by atoms with Gasteiger partial charge in [-0.25, -0.2) is 0 Å². The van der Waals surface area contributed by atoms with E-state index in [-0.39, 0.29) is 12.0 Å². The number of hydrogen-bond acceptors (Lipinski definition) is 2. The fourth-order valence-electron chi connectivity index (χ4n) is 0.684. The summed E-state index contributed by atoms with van der Waals surface area (Å²) in [6.07, 6.45) is 1.79. The van der Waals surface area contributed by atoms with Crippen molar-refractivity contribution in [3.63, 3.8) is 0 Å². The van der Waals surface area contributed by atoms with Crippen molar-refractivity contribution in [1.82, 2.24) is 0 Å². The normalized spacial score (nSPS) is 11.6. The van der Waals surface area contributed by atoms with E-state index in [1.807, 2.05) is 20.8 Å². The quantitative estimate of drug-likeness (QED) is 0.579. The molecule has 0 saturated carbocycles. The van der Waals surface area contributed by atoms with Gasteiger partial charge in [0, 0.05) is 11.1 Å². The van der Waals surface area contributed by atoms with Crippen LogP contribution in [-0.2, 0) is 0 Å². The Hall–Kier alpha value is -0.370. The van der Waals surface area contributed by atoms with Crippen LogP contribution in [0.2, 0.25) is 0 Å². The van der Waals surface area contributed by atoms with Gasteiger partial charge in [-0.1, -0.05) is 27.2 Å². The van der Waals surface area contributed by atoms with Crippen molar-refractivity contribution in [2.24, 2.45) is 5.41 Å². The second-order valence-electron chi connectivity index (χ2n) is 3.27. The molecule has 0 rings (SSSR count). The second kappa shape index (κ2) is 3.71. The van der Waals surface area contributed by atoms with E-state index < -0.39 is 0 Å². The lowest BCUT2D eigenvalue weighted by Gasteiger charge is -2.22. The van der Waals surface area contributed by atoms with E-state index in [0.717, 1.165) is 12.8 Å². The van der Waals surface area contributed by atoms with E-state index in [1.54, 1.807) is 0 Å². The minimum Gasteiger partial charge on any atom is -0.395 e. The topological polar surface area (TPSA) is 44.1 Å². The summed E-state index contributed by atoms with van der Waals surface area (Å²) < 4.78 is 0. The summed E-state index contributed by atoms with van der Waals surface area (Å²) in [5, 5.41) is 16.4. The van der Waals surface area contributed by atoms with Gasteiger partial charge in [-0.3, -0.25) is 0 Å². The van der Waals surface area contributed by atoms with E-state index in [4.69, 9.17) is 10.5 Å². The Morgan fingerprint density at radius 3 is 2.30 bits per heavy atom. The first-order chi connectivity index (χ1) is 4.54. The molecule has 0 radical (unpaired) electrons. The third-order valence-electron chi connectivity index (χ3n) is 1.71. The highest BCUT2D eigenvalue weighted by Gasteiger charge is 2.21. The lowest BCUT2D eigenvalue weighted by molar-refractivity contribution is 0.211. The first-order valence-electron chi connectivity index (χ1n) is 3.73. The predicted octanol–water partition coefficient (Wildman–Crippen LogP) is 1.82. The third-order valence-corrected chi connectivity index (χ3v) is 1.71. The fourth-order valence-corrected chi connectivity index (χ4v) is 0.684. The average molecular weight is 143 g/mol. The molecule has 0 aromatic rings. The number of aliphatic hydroxyl groups excluding tert-OH is 1. The highest BCUT2D eigenvalue weighted by molar-refractivity contribution is 5.86. The van der Waals surface area contributed by atoms with Crippen molar-refractivity contribution < 1.29 is 5.11 Å². The maximum absolute atomic E-state index is 8.85. The van der Waals surface area contributed by atoms with E-state index >= 15 is 0 Å². The molecule has 60 valence electrons. The minimum atomic E-state index is -0.310. The summed E-state index contributed by atoms with van der Waals surface area (Å²) >= 11 is 0. The van der Waals surface area contributed by atoms with Gasteiger partial charge in [0.1, 0.15) is 0 Å². The van der Waals surface area contributed by atoms with Crippen LogP contribution in [0, 0.1) is 10.8 Å². The average Bonchev–Trinajstić information content (AvgIpc) is 1.89. The van der Waals surface area contributed by atoms with Gasteiger partial charge in [0.05, 0.1) is 6.61 Å². The molecule has 0 spiro atoms. The molecule has 0 amide bonds. The van der Waals surface area contributed by atoms with Crippen LogP contribution in [0.4, 0.5) is 0 Å². The van der Waals surface area contributed by atoms with Gasteiger partial charge in [-0.05, 0) is 6.42 Å². The summed E-state index contributed by atoms with van der Waals surface area (Å²) in [5.74, 6) is 0. The maximum Gasteiger partial charge on any atom is 0.0534 e. The maximum atomic E-state index is 8.85. The van der Waals surface area contributed by atoms with E-state index in [0.29, 0.717) is 5.71 Å². The molecule has 0 aliphatic rings. The molecule has 0 fully saturated rings. The number of aliphatic hydroxyl groups is 1. The van der Waals surface area contributed by atoms with Gasteiger partial charge in [0.2, 0.25) is 0 Å². The molecular formula is C8H17NO. The van der Waals surface area contributed by atoms with Crippen molar-refractivity contribution in [1.29, 1.82) is 5.41 Å². The highest BCUT2D eigenvalue weighted by Crippen LogP contribution is 2.18. The fraction of sp³-hybridized carbons (Fsp3) is 0.875. The van der Waals surface area contributed by atoms with Crippen LogP contribution in [-0.4, -0.2) is 17.4 Å². The van der Waals surface area contributed by atoms with Crippen LogP contribution in [0.25, 0.3) is 0 Å². The summed E-state index contributed by atoms with van der Waals surface area (Å²) in [6, 6.07) is 0. The molecule has 2 nitrogen and oxygen atoms in total. The molecule has 2 N–H and O–H groups in total. The van der Waals surface area contributed by atoms with E-state index in [2.05, 4.69) is 0 Å². The van der Waals surface area contributed by atoms with Gasteiger partial charge in [-0.15, -0.1) is 0 Å². The second-order valence-corrected chi connectivity index (χ2v) is 3.27. The summed E-state index contributed by atoms with van der Waals surface area (Å²) in [7, 11) is 0. The summed E-state index contributed by atoms with van der Waals surface area (Å²) in [4.78, 5) is 0. The summed E-state index contributed by atoms with van der Waals surface area (Å²) in [6.45, 7) is 5.91. The first-order valence-corrected chi connectivity index (χ1v) is 3.73. The molecule has 0 heterocycles. The van der Waals surface area contributed by atoms with E-state index in [1.165, 1.54) is 0 Å². The van der Waals surface area contributed by atoms with Crippen molar-refractivity contribution in [3.8, 4) is 0 Å². The van der Waals surface area contributed by atoms with Crippen LogP contribution in [0.3, 0.4) is 0 Å². The van der Waals surface area contributed by atoms with Crippen LogP contribution < -0.4 is 0 Å². The predicted molar refractivity (Wildman–Crippen MR) is 43.5 cm³/mol. The monoisotopic (exact) mass is 143 g/mol. The SMILES string of the molecule is CCCC(=N)C(C)(C)CO. The number of hydrogen-bond donors (Lipinski definition) is 2. The molecule has 0 aliphatic heterocycles. The lowest BCUT2D eigenvalue weighted by atomic mass is 9.86. The van der Waals surface area contributed by atoms with Crippen LogP contribution in [0.1, 0.15) is 33.6 Å². The Labute approximate surface area is 62.8 Å². The number of rotatable bonds is 4. The Kier molecular flexibility index (Phi) is 3.58. The molecule has 0 unspecified atom stereocenters. The zero-order valence-corrected chi connectivity index (χ0v) is 7.07. The van der Waals surface area contributed by atoms with Crippen molar-refractivity contribution >= 4 is 5.71 Å². The lowest BCUT2D eigenvalue weighted by Crippen LogP contribution is -2.27. The Bertz CT molecular complexity index is 118. The Morgan fingerprint density at radius 1 is 1.50 bits per heavy atom. The van der Waals surface area contributed by atoms with Crippen molar-refractivity contribution in [2.45, 2.75) is 33.6 Å². The Balaban J connectivity index is 3.91. The van der Waals surface area contributed by atoms with Crippen molar-refractivity contribution in [2.75, 3.05) is 6.61 Å². The zero-order chi connectivity index (χ0) is 8.20. The molecule has 0 bridgehead atoms. The molecule has 10 heavy (non-hydrogen) atoms. The molecule has 0 atom stereocenters. The molecule has 0 saturated heterocycles. The van der Waals surface area contributed by atoms with Crippen LogP contribution in [0.5, 0.6) is 0 Å². The summed E-state index contributed by atoms with van der Waals surface area (Å²) in [5.41, 5.74) is 0.341. The highest BCUT2D eigenvalue weighted by atomic mass is 16.3. The molecule has 0 aliphatic carbocycles. The van der Waals surface area contributed by atoms with Crippen LogP contribution >= 0.6 is 0 Å². The molecule has 0 aromatic heterocycles. The smallest absolute Gasteiger partial charge is 0.0534 e. The van der Waals surface area contributed by atoms with Gasteiger partial charge in [0.15, 0.2) is 0 Å². The van der Waals surface area contributed by atoms with Crippen molar-refractivity contribution in [3.05, 3.63) is 0 Å². The minimum absolute atomic E-state index is 0.0752. The standard InChI is InChI=1S/C8H17NO/c1-4-5-7(9)8(2,3)6-10/h9-10H,4-6H2,1-3H3.